The minimum atomic E-state index is -1.13. The molecule has 1 saturated heterocycles. The quantitative estimate of drug-likeness (QED) is 0.475. The highest BCUT2D eigenvalue weighted by molar-refractivity contribution is 6.09. The van der Waals surface area contributed by atoms with Gasteiger partial charge < -0.3 is 10.6 Å². The molecule has 3 aromatic carbocycles. The van der Waals surface area contributed by atoms with Crippen molar-refractivity contribution in [1.82, 2.24) is 15.5 Å². The minimum Gasteiger partial charge on any atom is -0.355 e. The first-order valence-electron chi connectivity index (χ1n) is 11.6. The second-order valence-corrected chi connectivity index (χ2v) is 8.46. The molecule has 2 N–H and O–H groups in total. The fraction of sp³-hybridized carbons (Fsp3) is 0.250. The number of amides is 4. The van der Waals surface area contributed by atoms with Gasteiger partial charge in [0.2, 0.25) is 5.91 Å². The van der Waals surface area contributed by atoms with Crippen LogP contribution >= 0.6 is 0 Å². The standard InChI is InChI=1S/C28H29N3O3/c1-2-28(23-16-10-5-11-17-23)26(33)31(27(34)30-28)20-25(32)29-19-18-24(21-12-6-3-7-13-21)22-14-8-4-9-15-22/h3-17,24H,2,18-20H2,1H3,(H,29,32)(H,30,34)/t28-/m1/s1. The highest BCUT2D eigenvalue weighted by atomic mass is 16.2. The molecule has 174 valence electrons. The van der Waals surface area contributed by atoms with Crippen molar-refractivity contribution >= 4 is 17.8 Å². The third-order valence-electron chi connectivity index (χ3n) is 6.43. The summed E-state index contributed by atoms with van der Waals surface area (Å²) in [5.41, 5.74) is 1.93. The van der Waals surface area contributed by atoms with Crippen LogP contribution < -0.4 is 10.6 Å². The topological polar surface area (TPSA) is 78.5 Å². The monoisotopic (exact) mass is 455 g/mol. The molecule has 4 amide bonds. The fourth-order valence-electron chi connectivity index (χ4n) is 4.58. The largest absolute Gasteiger partial charge is 0.355 e. The Kier molecular flexibility index (Phi) is 7.07. The van der Waals surface area contributed by atoms with Crippen LogP contribution in [0.25, 0.3) is 0 Å². The van der Waals surface area contributed by atoms with Crippen LogP contribution in [-0.4, -0.2) is 35.8 Å². The Balaban J connectivity index is 1.40. The van der Waals surface area contributed by atoms with Crippen molar-refractivity contribution in [2.45, 2.75) is 31.2 Å². The normalized spacial score (nSPS) is 17.6. The highest BCUT2D eigenvalue weighted by Crippen LogP contribution is 2.32. The highest BCUT2D eigenvalue weighted by Gasteiger charge is 2.51. The first-order chi connectivity index (χ1) is 16.5. The molecule has 0 spiro atoms. The predicted molar refractivity (Wildman–Crippen MR) is 131 cm³/mol. The van der Waals surface area contributed by atoms with E-state index in [9.17, 15) is 14.4 Å². The molecule has 0 unspecified atom stereocenters. The molecule has 6 heteroatoms. The summed E-state index contributed by atoms with van der Waals surface area (Å²) in [5.74, 6) is -0.624. The summed E-state index contributed by atoms with van der Waals surface area (Å²) in [6.07, 6.45) is 1.10. The predicted octanol–water partition coefficient (Wildman–Crippen LogP) is 4.18. The summed E-state index contributed by atoms with van der Waals surface area (Å²) in [7, 11) is 0. The van der Waals surface area contributed by atoms with Gasteiger partial charge in [-0.15, -0.1) is 0 Å². The molecule has 0 radical (unpaired) electrons. The number of nitrogens with zero attached hydrogens (tertiary/aromatic N) is 1. The second kappa shape index (κ2) is 10.3. The molecular weight excluding hydrogens is 426 g/mol. The summed E-state index contributed by atoms with van der Waals surface area (Å²) in [6.45, 7) is 1.97. The molecule has 1 fully saturated rings. The lowest BCUT2D eigenvalue weighted by Crippen LogP contribution is -2.45. The van der Waals surface area contributed by atoms with Crippen molar-refractivity contribution in [2.24, 2.45) is 0 Å². The van der Waals surface area contributed by atoms with Crippen LogP contribution in [0, 0.1) is 0 Å². The van der Waals surface area contributed by atoms with E-state index in [1.807, 2.05) is 73.7 Å². The molecule has 0 aromatic heterocycles. The summed E-state index contributed by atoms with van der Waals surface area (Å²) in [5, 5.41) is 5.71. The smallest absolute Gasteiger partial charge is 0.325 e. The van der Waals surface area contributed by atoms with Crippen molar-refractivity contribution in [3.05, 3.63) is 108 Å². The molecular formula is C28H29N3O3. The van der Waals surface area contributed by atoms with Crippen molar-refractivity contribution < 1.29 is 14.4 Å². The summed E-state index contributed by atoms with van der Waals surface area (Å²) >= 11 is 0. The maximum Gasteiger partial charge on any atom is 0.325 e. The molecule has 1 atom stereocenters. The molecule has 0 aliphatic carbocycles. The number of benzene rings is 3. The zero-order valence-electron chi connectivity index (χ0n) is 19.2. The van der Waals surface area contributed by atoms with Crippen LogP contribution in [0.1, 0.15) is 42.4 Å². The summed E-state index contributed by atoms with van der Waals surface area (Å²) < 4.78 is 0. The number of rotatable bonds is 9. The average Bonchev–Trinajstić information content (AvgIpc) is 3.13. The van der Waals surface area contributed by atoms with Gasteiger partial charge in [-0.05, 0) is 29.5 Å². The van der Waals surface area contributed by atoms with Gasteiger partial charge in [0.25, 0.3) is 5.91 Å². The van der Waals surface area contributed by atoms with Gasteiger partial charge in [-0.3, -0.25) is 14.5 Å². The SMILES string of the molecule is CC[C@]1(c2ccccc2)NC(=O)N(CC(=O)NCCC(c2ccccc2)c2ccccc2)C1=O. The zero-order chi connectivity index (χ0) is 24.0. The van der Waals surface area contributed by atoms with Gasteiger partial charge in [-0.1, -0.05) is 97.9 Å². The van der Waals surface area contributed by atoms with Crippen LogP contribution in [0.5, 0.6) is 0 Å². The molecule has 0 saturated carbocycles. The van der Waals surface area contributed by atoms with Crippen molar-refractivity contribution in [1.29, 1.82) is 0 Å². The molecule has 34 heavy (non-hydrogen) atoms. The molecule has 1 aliphatic heterocycles. The lowest BCUT2D eigenvalue weighted by Gasteiger charge is -2.25. The Morgan fingerprint density at radius 3 is 1.94 bits per heavy atom. The summed E-state index contributed by atoms with van der Waals surface area (Å²) in [6, 6.07) is 28.9. The van der Waals surface area contributed by atoms with Crippen LogP contribution in [0.4, 0.5) is 4.79 Å². The number of nitrogens with one attached hydrogen (secondary N) is 2. The van der Waals surface area contributed by atoms with Crippen molar-refractivity contribution in [2.75, 3.05) is 13.1 Å². The third-order valence-corrected chi connectivity index (χ3v) is 6.43. The first kappa shape index (κ1) is 23.2. The van der Waals surface area contributed by atoms with E-state index in [2.05, 4.69) is 34.9 Å². The molecule has 1 aliphatic rings. The molecule has 4 rings (SSSR count). The Morgan fingerprint density at radius 2 is 1.41 bits per heavy atom. The second-order valence-electron chi connectivity index (χ2n) is 8.46. The van der Waals surface area contributed by atoms with Crippen molar-refractivity contribution in [3.63, 3.8) is 0 Å². The Hall–Kier alpha value is -3.93. The Bertz CT molecular complexity index is 1100. The Labute approximate surface area is 200 Å². The number of carbonyl (C=O) groups excluding carboxylic acids is 3. The van der Waals surface area contributed by atoms with E-state index >= 15 is 0 Å². The lowest BCUT2D eigenvalue weighted by atomic mass is 9.87. The van der Waals surface area contributed by atoms with E-state index in [1.165, 1.54) is 11.1 Å². The van der Waals surface area contributed by atoms with Gasteiger partial charge in [0.1, 0.15) is 12.1 Å². The van der Waals surface area contributed by atoms with Gasteiger partial charge in [-0.2, -0.15) is 0 Å². The third kappa shape index (κ3) is 4.71. The molecule has 1 heterocycles. The molecule has 6 nitrogen and oxygen atoms in total. The van der Waals surface area contributed by atoms with Crippen LogP contribution in [0.3, 0.4) is 0 Å². The van der Waals surface area contributed by atoms with Gasteiger partial charge >= 0.3 is 6.03 Å². The van der Waals surface area contributed by atoms with Gasteiger partial charge in [0.05, 0.1) is 0 Å². The summed E-state index contributed by atoms with van der Waals surface area (Å²) in [4.78, 5) is 39.6. The number of carbonyl (C=O) groups is 3. The first-order valence-corrected chi connectivity index (χ1v) is 11.6. The Morgan fingerprint density at radius 1 is 0.882 bits per heavy atom. The maximum absolute atomic E-state index is 13.2. The maximum atomic E-state index is 13.2. The fourth-order valence-corrected chi connectivity index (χ4v) is 4.58. The molecule has 3 aromatic rings. The van der Waals surface area contributed by atoms with Crippen LogP contribution in [-0.2, 0) is 15.1 Å². The number of imide groups is 1. The van der Waals surface area contributed by atoms with Gasteiger partial charge in [0, 0.05) is 12.5 Å². The zero-order valence-corrected chi connectivity index (χ0v) is 19.2. The van der Waals surface area contributed by atoms with Crippen molar-refractivity contribution in [3.8, 4) is 0 Å². The number of urea groups is 1. The van der Waals surface area contributed by atoms with Crippen LogP contribution in [0.2, 0.25) is 0 Å². The molecule has 0 bridgehead atoms. The number of hydrogen-bond acceptors (Lipinski definition) is 3. The minimum absolute atomic E-state index is 0.130. The van der Waals surface area contributed by atoms with Crippen LogP contribution in [0.15, 0.2) is 91.0 Å². The lowest BCUT2D eigenvalue weighted by molar-refractivity contribution is -0.135. The average molecular weight is 456 g/mol. The number of hydrogen-bond donors (Lipinski definition) is 2. The van der Waals surface area contributed by atoms with E-state index in [1.54, 1.807) is 0 Å². The van der Waals surface area contributed by atoms with E-state index in [0.29, 0.717) is 24.9 Å². The van der Waals surface area contributed by atoms with E-state index in [0.717, 1.165) is 4.90 Å². The van der Waals surface area contributed by atoms with E-state index < -0.39 is 17.5 Å². The van der Waals surface area contributed by atoms with Gasteiger partial charge in [0.15, 0.2) is 0 Å². The van der Waals surface area contributed by atoms with E-state index in [-0.39, 0.29) is 18.4 Å². The van der Waals surface area contributed by atoms with Gasteiger partial charge in [-0.25, -0.2) is 4.79 Å². The van der Waals surface area contributed by atoms with E-state index in [4.69, 9.17) is 0 Å².